The fourth-order valence-corrected chi connectivity index (χ4v) is 3.38. The second-order valence-corrected chi connectivity index (χ2v) is 5.65. The van der Waals surface area contributed by atoms with Crippen LogP contribution in [0.1, 0.15) is 30.5 Å². The van der Waals surface area contributed by atoms with E-state index in [1.807, 2.05) is 30.0 Å². The summed E-state index contributed by atoms with van der Waals surface area (Å²) < 4.78 is 5.51. The van der Waals surface area contributed by atoms with Crippen LogP contribution < -0.4 is 0 Å². The number of fused-ring (bicyclic) bond motifs is 1. The number of benzene rings is 1. The molecule has 0 saturated carbocycles. The Bertz CT molecular complexity index is 502. The van der Waals surface area contributed by atoms with Crippen molar-refractivity contribution in [3.63, 3.8) is 0 Å². The Morgan fingerprint density at radius 1 is 1.45 bits per heavy atom. The maximum atomic E-state index is 12.7. The molecular formula is C16H21NO3. The van der Waals surface area contributed by atoms with Crippen molar-refractivity contribution >= 4 is 5.91 Å². The summed E-state index contributed by atoms with van der Waals surface area (Å²) in [6.07, 6.45) is 1.63. The Morgan fingerprint density at radius 2 is 2.25 bits per heavy atom. The Kier molecular flexibility index (Phi) is 3.76. The summed E-state index contributed by atoms with van der Waals surface area (Å²) >= 11 is 0. The summed E-state index contributed by atoms with van der Waals surface area (Å²) in [6, 6.07) is 7.87. The molecular weight excluding hydrogens is 254 g/mol. The molecule has 0 aliphatic carbocycles. The van der Waals surface area contributed by atoms with Crippen LogP contribution in [0, 0.1) is 5.92 Å². The van der Waals surface area contributed by atoms with Crippen molar-refractivity contribution in [1.29, 1.82) is 0 Å². The van der Waals surface area contributed by atoms with Gasteiger partial charge in [-0.3, -0.25) is 4.79 Å². The average molecular weight is 275 g/mol. The highest BCUT2D eigenvalue weighted by molar-refractivity contribution is 5.80. The number of carbonyl (C=O) groups is 1. The van der Waals surface area contributed by atoms with Gasteiger partial charge in [0, 0.05) is 13.2 Å². The number of rotatable bonds is 2. The number of hydrogen-bond acceptors (Lipinski definition) is 3. The minimum atomic E-state index is -0.208. The van der Waals surface area contributed by atoms with Crippen molar-refractivity contribution in [2.45, 2.75) is 31.9 Å². The van der Waals surface area contributed by atoms with Crippen molar-refractivity contribution in [3.8, 4) is 0 Å². The lowest BCUT2D eigenvalue weighted by atomic mass is 9.90. The highest BCUT2D eigenvalue weighted by atomic mass is 16.5. The molecule has 0 unspecified atom stereocenters. The van der Waals surface area contributed by atoms with Crippen molar-refractivity contribution in [2.75, 3.05) is 19.8 Å². The molecule has 3 rings (SSSR count). The van der Waals surface area contributed by atoms with Crippen LogP contribution in [0.4, 0.5) is 0 Å². The average Bonchev–Trinajstić information content (AvgIpc) is 2.91. The second-order valence-electron chi connectivity index (χ2n) is 5.65. The fourth-order valence-electron chi connectivity index (χ4n) is 3.38. The van der Waals surface area contributed by atoms with Crippen LogP contribution >= 0.6 is 0 Å². The number of aliphatic hydroxyl groups is 1. The molecule has 0 aromatic heterocycles. The summed E-state index contributed by atoms with van der Waals surface area (Å²) in [7, 11) is 0. The van der Waals surface area contributed by atoms with Crippen molar-refractivity contribution < 1.29 is 14.6 Å². The van der Waals surface area contributed by atoms with E-state index in [0.29, 0.717) is 13.2 Å². The van der Waals surface area contributed by atoms with E-state index in [1.165, 1.54) is 5.56 Å². The molecule has 1 N–H and O–H groups in total. The van der Waals surface area contributed by atoms with Crippen LogP contribution in [-0.2, 0) is 16.0 Å². The molecule has 1 saturated heterocycles. The van der Waals surface area contributed by atoms with Gasteiger partial charge in [-0.25, -0.2) is 0 Å². The largest absolute Gasteiger partial charge is 0.394 e. The van der Waals surface area contributed by atoms with E-state index >= 15 is 0 Å². The molecule has 1 fully saturated rings. The molecule has 4 nitrogen and oxygen atoms in total. The standard InChI is InChI=1S/C16H21NO3/c1-11-13(7-9-20-11)16(19)17-8-6-12-4-2-3-5-14(12)15(17)10-18/h2-5,11,13,15,18H,6-10H2,1H3/t11-,13-,15-/m0/s1. The zero-order valence-electron chi connectivity index (χ0n) is 11.8. The van der Waals surface area contributed by atoms with Crippen LogP contribution in [0.25, 0.3) is 0 Å². The predicted octanol–water partition coefficient (Wildman–Crippen LogP) is 1.53. The lowest BCUT2D eigenvalue weighted by Crippen LogP contribution is -2.45. The molecule has 0 bridgehead atoms. The summed E-state index contributed by atoms with van der Waals surface area (Å²) in [4.78, 5) is 14.6. The molecule has 1 amide bonds. The number of carbonyl (C=O) groups excluding carboxylic acids is 1. The normalized spacial score (nSPS) is 29.3. The van der Waals surface area contributed by atoms with Gasteiger partial charge in [-0.05, 0) is 30.9 Å². The van der Waals surface area contributed by atoms with Gasteiger partial charge in [-0.15, -0.1) is 0 Å². The zero-order valence-corrected chi connectivity index (χ0v) is 11.8. The summed E-state index contributed by atoms with van der Waals surface area (Å²) in [5.74, 6) is 0.0675. The van der Waals surface area contributed by atoms with Crippen molar-refractivity contribution in [2.24, 2.45) is 5.92 Å². The maximum absolute atomic E-state index is 12.7. The first kappa shape index (κ1) is 13.6. The Labute approximate surface area is 119 Å². The van der Waals surface area contributed by atoms with Crippen LogP contribution in [-0.4, -0.2) is 41.8 Å². The highest BCUT2D eigenvalue weighted by Gasteiger charge is 2.38. The molecule has 2 heterocycles. The number of hydrogen-bond donors (Lipinski definition) is 1. The van der Waals surface area contributed by atoms with E-state index in [0.717, 1.165) is 18.4 Å². The first-order chi connectivity index (χ1) is 9.72. The summed E-state index contributed by atoms with van der Waals surface area (Å²) in [5, 5.41) is 9.74. The number of ether oxygens (including phenoxy) is 1. The van der Waals surface area contributed by atoms with Gasteiger partial charge >= 0.3 is 0 Å². The minimum Gasteiger partial charge on any atom is -0.394 e. The SMILES string of the molecule is C[C@@H]1OCC[C@@H]1C(=O)N1CCc2ccccc2[C@@H]1CO. The minimum absolute atomic E-state index is 0.0148. The van der Waals surface area contributed by atoms with Gasteiger partial charge in [-0.2, -0.15) is 0 Å². The predicted molar refractivity (Wildman–Crippen MR) is 75.2 cm³/mol. The third-order valence-corrected chi connectivity index (χ3v) is 4.56. The van der Waals surface area contributed by atoms with E-state index in [4.69, 9.17) is 4.74 Å². The Balaban J connectivity index is 1.85. The Morgan fingerprint density at radius 3 is 2.95 bits per heavy atom. The van der Waals surface area contributed by atoms with E-state index in [-0.39, 0.29) is 30.6 Å². The molecule has 108 valence electrons. The lowest BCUT2D eigenvalue weighted by Gasteiger charge is -2.38. The quantitative estimate of drug-likeness (QED) is 0.890. The van der Waals surface area contributed by atoms with Gasteiger partial charge in [0.25, 0.3) is 0 Å². The smallest absolute Gasteiger partial charge is 0.228 e. The third-order valence-electron chi connectivity index (χ3n) is 4.56. The van der Waals surface area contributed by atoms with Crippen molar-refractivity contribution in [1.82, 2.24) is 4.90 Å². The molecule has 1 aromatic rings. The number of aliphatic hydroxyl groups excluding tert-OH is 1. The molecule has 0 radical (unpaired) electrons. The lowest BCUT2D eigenvalue weighted by molar-refractivity contribution is -0.141. The molecule has 2 aliphatic heterocycles. The molecule has 2 aliphatic rings. The zero-order chi connectivity index (χ0) is 14.1. The van der Waals surface area contributed by atoms with E-state index in [2.05, 4.69) is 6.07 Å². The fraction of sp³-hybridized carbons (Fsp3) is 0.562. The highest BCUT2D eigenvalue weighted by Crippen LogP contribution is 2.32. The molecule has 20 heavy (non-hydrogen) atoms. The van der Waals surface area contributed by atoms with Crippen LogP contribution in [0.2, 0.25) is 0 Å². The van der Waals surface area contributed by atoms with E-state index in [1.54, 1.807) is 0 Å². The molecule has 4 heteroatoms. The second kappa shape index (κ2) is 5.54. The van der Waals surface area contributed by atoms with Gasteiger partial charge in [0.05, 0.1) is 24.7 Å². The van der Waals surface area contributed by atoms with E-state index in [9.17, 15) is 9.90 Å². The van der Waals surface area contributed by atoms with Gasteiger partial charge < -0.3 is 14.7 Å². The first-order valence-corrected chi connectivity index (χ1v) is 7.33. The third kappa shape index (κ3) is 2.23. The van der Waals surface area contributed by atoms with E-state index < -0.39 is 0 Å². The summed E-state index contributed by atoms with van der Waals surface area (Å²) in [6.45, 7) is 3.28. The van der Waals surface area contributed by atoms with Gasteiger partial charge in [0.1, 0.15) is 0 Å². The number of amides is 1. The number of nitrogens with zero attached hydrogens (tertiary/aromatic N) is 1. The van der Waals surface area contributed by atoms with Gasteiger partial charge in [0.15, 0.2) is 0 Å². The van der Waals surface area contributed by atoms with Gasteiger partial charge in [-0.1, -0.05) is 24.3 Å². The van der Waals surface area contributed by atoms with Crippen LogP contribution in [0.3, 0.4) is 0 Å². The molecule has 3 atom stereocenters. The molecule has 0 spiro atoms. The van der Waals surface area contributed by atoms with Gasteiger partial charge in [0.2, 0.25) is 5.91 Å². The van der Waals surface area contributed by atoms with Crippen LogP contribution in [0.5, 0.6) is 0 Å². The monoisotopic (exact) mass is 275 g/mol. The topological polar surface area (TPSA) is 49.8 Å². The van der Waals surface area contributed by atoms with Crippen LogP contribution in [0.15, 0.2) is 24.3 Å². The molecule has 1 aromatic carbocycles. The van der Waals surface area contributed by atoms with Crippen molar-refractivity contribution in [3.05, 3.63) is 35.4 Å². The first-order valence-electron chi connectivity index (χ1n) is 7.33. The maximum Gasteiger partial charge on any atom is 0.228 e. The Hall–Kier alpha value is -1.39. The summed E-state index contributed by atoms with van der Waals surface area (Å²) in [5.41, 5.74) is 2.33.